The highest BCUT2D eigenvalue weighted by molar-refractivity contribution is 9.10. The molecule has 1 aromatic rings. The zero-order valence-corrected chi connectivity index (χ0v) is 14.5. The lowest BCUT2D eigenvalue weighted by Gasteiger charge is -2.33. The summed E-state index contributed by atoms with van der Waals surface area (Å²) in [7, 11) is 0. The summed E-state index contributed by atoms with van der Waals surface area (Å²) >= 11 is 3.19. The summed E-state index contributed by atoms with van der Waals surface area (Å²) in [4.78, 5) is 22.4. The predicted octanol–water partition coefficient (Wildman–Crippen LogP) is 2.88. The standard InChI is InChI=1S/C13H18BrN3O3.ClH/c1-8(2)13(3,7-15)16-12(18)10-5-4-9(17(19)20)6-11(10)14;/h4-6,8H,7,15H2,1-3H3,(H,16,18);1H. The Labute approximate surface area is 138 Å². The van der Waals surface area contributed by atoms with Gasteiger partial charge in [-0.2, -0.15) is 0 Å². The summed E-state index contributed by atoms with van der Waals surface area (Å²) in [5, 5.41) is 13.6. The largest absolute Gasteiger partial charge is 0.345 e. The van der Waals surface area contributed by atoms with Crippen LogP contribution in [0.1, 0.15) is 31.1 Å². The van der Waals surface area contributed by atoms with Gasteiger partial charge < -0.3 is 11.1 Å². The molecule has 0 fully saturated rings. The van der Waals surface area contributed by atoms with Gasteiger partial charge in [0.05, 0.1) is 16.0 Å². The van der Waals surface area contributed by atoms with Crippen molar-refractivity contribution in [3.05, 3.63) is 38.3 Å². The number of amides is 1. The van der Waals surface area contributed by atoms with Crippen molar-refractivity contribution in [1.82, 2.24) is 5.32 Å². The van der Waals surface area contributed by atoms with Crippen LogP contribution in [0.15, 0.2) is 22.7 Å². The molecule has 8 heteroatoms. The predicted molar refractivity (Wildman–Crippen MR) is 87.8 cm³/mol. The molecule has 1 rings (SSSR count). The molecule has 0 saturated heterocycles. The van der Waals surface area contributed by atoms with Crippen molar-refractivity contribution in [3.63, 3.8) is 0 Å². The number of hydrogen-bond acceptors (Lipinski definition) is 4. The second kappa shape index (κ2) is 7.72. The summed E-state index contributed by atoms with van der Waals surface area (Å²) in [5.41, 5.74) is 5.46. The van der Waals surface area contributed by atoms with E-state index in [1.807, 2.05) is 20.8 Å². The van der Waals surface area contributed by atoms with Crippen molar-refractivity contribution < 1.29 is 9.72 Å². The molecular weight excluding hydrogens is 362 g/mol. The van der Waals surface area contributed by atoms with E-state index in [2.05, 4.69) is 21.2 Å². The molecule has 1 unspecified atom stereocenters. The lowest BCUT2D eigenvalue weighted by molar-refractivity contribution is -0.384. The van der Waals surface area contributed by atoms with E-state index in [0.717, 1.165) is 0 Å². The van der Waals surface area contributed by atoms with E-state index in [0.29, 0.717) is 16.6 Å². The highest BCUT2D eigenvalue weighted by Crippen LogP contribution is 2.24. The van der Waals surface area contributed by atoms with Crippen LogP contribution in [-0.2, 0) is 0 Å². The van der Waals surface area contributed by atoms with Gasteiger partial charge in [-0.1, -0.05) is 13.8 Å². The smallest absolute Gasteiger partial charge is 0.270 e. The molecule has 0 saturated carbocycles. The molecule has 1 amide bonds. The van der Waals surface area contributed by atoms with E-state index >= 15 is 0 Å². The van der Waals surface area contributed by atoms with E-state index in [1.54, 1.807) is 0 Å². The van der Waals surface area contributed by atoms with Crippen LogP contribution >= 0.6 is 28.3 Å². The molecule has 0 heterocycles. The topological polar surface area (TPSA) is 98.3 Å². The van der Waals surface area contributed by atoms with Crippen LogP contribution in [0.4, 0.5) is 5.69 Å². The van der Waals surface area contributed by atoms with Crippen LogP contribution in [0, 0.1) is 16.0 Å². The minimum absolute atomic E-state index is 0. The molecule has 6 nitrogen and oxygen atoms in total. The normalized spacial score (nSPS) is 13.2. The van der Waals surface area contributed by atoms with Crippen molar-refractivity contribution in [1.29, 1.82) is 0 Å². The molecule has 0 aliphatic carbocycles. The van der Waals surface area contributed by atoms with Gasteiger partial charge in [-0.15, -0.1) is 12.4 Å². The average molecular weight is 381 g/mol. The highest BCUT2D eigenvalue weighted by atomic mass is 79.9. The molecule has 3 N–H and O–H groups in total. The van der Waals surface area contributed by atoms with Crippen molar-refractivity contribution in [2.24, 2.45) is 11.7 Å². The monoisotopic (exact) mass is 379 g/mol. The molecule has 0 aliphatic rings. The molecule has 0 aliphatic heterocycles. The van der Waals surface area contributed by atoms with Crippen LogP contribution in [0.2, 0.25) is 0 Å². The first-order valence-corrected chi connectivity index (χ1v) is 6.97. The highest BCUT2D eigenvalue weighted by Gasteiger charge is 2.29. The van der Waals surface area contributed by atoms with Crippen LogP contribution in [0.5, 0.6) is 0 Å². The van der Waals surface area contributed by atoms with Gasteiger partial charge in [-0.3, -0.25) is 14.9 Å². The summed E-state index contributed by atoms with van der Waals surface area (Å²) in [6.07, 6.45) is 0. The number of nitrogens with zero attached hydrogens (tertiary/aromatic N) is 1. The number of rotatable bonds is 5. The van der Waals surface area contributed by atoms with Gasteiger partial charge >= 0.3 is 0 Å². The first-order chi connectivity index (χ1) is 9.21. The van der Waals surface area contributed by atoms with E-state index in [-0.39, 0.29) is 29.9 Å². The maximum atomic E-state index is 12.3. The van der Waals surface area contributed by atoms with Gasteiger partial charge in [-0.25, -0.2) is 0 Å². The Balaban J connectivity index is 0.00000400. The fourth-order valence-corrected chi connectivity index (χ4v) is 2.11. The van der Waals surface area contributed by atoms with E-state index < -0.39 is 10.5 Å². The number of hydrogen-bond donors (Lipinski definition) is 2. The number of nitro benzene ring substituents is 1. The molecule has 118 valence electrons. The Bertz CT molecular complexity index is 539. The minimum atomic E-state index is -0.529. The number of nitrogens with two attached hydrogens (primary N) is 1. The van der Waals surface area contributed by atoms with Crippen LogP contribution in [0.3, 0.4) is 0 Å². The molecule has 0 bridgehead atoms. The first kappa shape index (κ1) is 19.8. The Kier molecular flexibility index (Phi) is 7.29. The molecular formula is C13H19BrClN3O3. The Hall–Kier alpha value is -1.18. The van der Waals surface area contributed by atoms with Gasteiger partial charge in [0.2, 0.25) is 0 Å². The van der Waals surface area contributed by atoms with Gasteiger partial charge in [0.25, 0.3) is 11.6 Å². The van der Waals surface area contributed by atoms with E-state index in [4.69, 9.17) is 5.73 Å². The quantitative estimate of drug-likeness (QED) is 0.606. The zero-order valence-electron chi connectivity index (χ0n) is 12.1. The van der Waals surface area contributed by atoms with Gasteiger partial charge in [0.1, 0.15) is 0 Å². The fraction of sp³-hybridized carbons (Fsp3) is 0.462. The summed E-state index contributed by atoms with van der Waals surface area (Å²) in [5.74, 6) is -0.151. The molecule has 1 atom stereocenters. The maximum Gasteiger partial charge on any atom is 0.270 e. The van der Waals surface area contributed by atoms with Crippen molar-refractivity contribution >= 4 is 39.9 Å². The number of carbonyl (C=O) groups excluding carboxylic acids is 1. The van der Waals surface area contributed by atoms with E-state index in [9.17, 15) is 14.9 Å². The first-order valence-electron chi connectivity index (χ1n) is 6.18. The van der Waals surface area contributed by atoms with Crippen LogP contribution in [0.25, 0.3) is 0 Å². The minimum Gasteiger partial charge on any atom is -0.345 e. The van der Waals surface area contributed by atoms with E-state index in [1.165, 1.54) is 18.2 Å². The molecule has 1 aromatic carbocycles. The number of non-ortho nitro benzene ring substituents is 1. The Morgan fingerprint density at radius 3 is 2.48 bits per heavy atom. The summed E-state index contributed by atoms with van der Waals surface area (Å²) < 4.78 is 0.382. The summed E-state index contributed by atoms with van der Waals surface area (Å²) in [6, 6.07) is 4.04. The fourth-order valence-electron chi connectivity index (χ4n) is 1.56. The molecule has 21 heavy (non-hydrogen) atoms. The third kappa shape index (κ3) is 4.66. The Morgan fingerprint density at radius 1 is 1.52 bits per heavy atom. The SMILES string of the molecule is CC(C)C(C)(CN)NC(=O)c1ccc([N+](=O)[O-])cc1Br.Cl. The lowest BCUT2D eigenvalue weighted by atomic mass is 9.88. The second-order valence-electron chi connectivity index (χ2n) is 5.15. The summed E-state index contributed by atoms with van der Waals surface area (Å²) in [6.45, 7) is 6.12. The molecule has 0 spiro atoms. The van der Waals surface area contributed by atoms with Crippen LogP contribution < -0.4 is 11.1 Å². The average Bonchev–Trinajstić information content (AvgIpc) is 2.37. The van der Waals surface area contributed by atoms with Gasteiger partial charge in [0, 0.05) is 23.2 Å². The maximum absolute atomic E-state index is 12.3. The third-order valence-corrected chi connectivity index (χ3v) is 4.16. The van der Waals surface area contributed by atoms with Gasteiger partial charge in [0.15, 0.2) is 0 Å². The van der Waals surface area contributed by atoms with Gasteiger partial charge in [-0.05, 0) is 34.8 Å². The third-order valence-electron chi connectivity index (χ3n) is 3.51. The second-order valence-corrected chi connectivity index (χ2v) is 6.01. The number of carbonyl (C=O) groups is 1. The van der Waals surface area contributed by atoms with Crippen molar-refractivity contribution in [2.75, 3.05) is 6.54 Å². The molecule has 0 radical (unpaired) electrons. The zero-order chi connectivity index (χ0) is 15.5. The number of nitrogens with one attached hydrogen (secondary N) is 1. The number of nitro groups is 1. The lowest BCUT2D eigenvalue weighted by Crippen LogP contribution is -2.55. The molecule has 0 aromatic heterocycles. The van der Waals surface area contributed by atoms with Crippen molar-refractivity contribution in [3.8, 4) is 0 Å². The number of benzene rings is 1. The van der Waals surface area contributed by atoms with Crippen LogP contribution in [-0.4, -0.2) is 22.9 Å². The number of halogens is 2. The Morgan fingerprint density at radius 2 is 2.10 bits per heavy atom. The van der Waals surface area contributed by atoms with Crippen molar-refractivity contribution in [2.45, 2.75) is 26.3 Å².